The smallest absolute Gasteiger partial charge is 0.270 e. The highest BCUT2D eigenvalue weighted by molar-refractivity contribution is 7.23. The number of amides is 1. The molecular formula is C24H24Cl2N4O4S2. The number of nitrogens with zero attached hydrogens (tertiary/aromatic N) is 4. The van der Waals surface area contributed by atoms with E-state index in [1.54, 1.807) is 17.0 Å². The van der Waals surface area contributed by atoms with Crippen LogP contribution in [0, 0.1) is 17.0 Å². The molecule has 1 amide bonds. The first-order chi connectivity index (χ1) is 16.9. The summed E-state index contributed by atoms with van der Waals surface area (Å²) in [6, 6.07) is 10.2. The maximum Gasteiger partial charge on any atom is 0.270 e. The van der Waals surface area contributed by atoms with E-state index in [1.165, 1.54) is 34.8 Å². The minimum Gasteiger partial charge on any atom is -0.379 e. The number of non-ortho nitro benzene ring substituents is 1. The van der Waals surface area contributed by atoms with E-state index in [9.17, 15) is 14.9 Å². The molecular weight excluding hydrogens is 543 g/mol. The molecule has 2 aromatic carbocycles. The summed E-state index contributed by atoms with van der Waals surface area (Å²) in [5.74, 6) is -0.154. The number of fused-ring (bicyclic) bond motifs is 2. The molecule has 0 atom stereocenters. The van der Waals surface area contributed by atoms with E-state index < -0.39 is 4.92 Å². The number of morpholine rings is 1. The van der Waals surface area contributed by atoms with E-state index in [-0.39, 0.29) is 24.0 Å². The number of nitro benzene ring substituents is 1. The van der Waals surface area contributed by atoms with Crippen molar-refractivity contribution in [1.29, 1.82) is 0 Å². The first-order valence-corrected chi connectivity index (χ1v) is 13.3. The molecule has 1 aliphatic rings. The van der Waals surface area contributed by atoms with Gasteiger partial charge in [0.2, 0.25) is 0 Å². The van der Waals surface area contributed by atoms with Crippen molar-refractivity contribution < 1.29 is 14.5 Å². The lowest BCUT2D eigenvalue weighted by atomic mass is 10.2. The zero-order chi connectivity index (χ0) is 24.5. The molecule has 0 N–H and O–H groups in total. The van der Waals surface area contributed by atoms with Crippen LogP contribution in [0.2, 0.25) is 5.02 Å². The first-order valence-electron chi connectivity index (χ1n) is 11.3. The minimum absolute atomic E-state index is 0. The number of hydrogen-bond donors (Lipinski definition) is 0. The van der Waals surface area contributed by atoms with Crippen LogP contribution >= 0.6 is 46.7 Å². The normalized spacial score (nSPS) is 14.2. The van der Waals surface area contributed by atoms with Gasteiger partial charge in [-0.2, -0.15) is 0 Å². The molecule has 1 saturated heterocycles. The van der Waals surface area contributed by atoms with Crippen molar-refractivity contribution in [2.75, 3.05) is 44.3 Å². The molecule has 3 heterocycles. The van der Waals surface area contributed by atoms with Crippen LogP contribution in [0.4, 0.5) is 10.8 Å². The molecule has 0 saturated carbocycles. The topological polar surface area (TPSA) is 88.8 Å². The Labute approximate surface area is 227 Å². The number of anilines is 1. The molecule has 1 aliphatic heterocycles. The molecule has 190 valence electrons. The fraction of sp³-hybridized carbons (Fsp3) is 0.333. The second-order valence-electron chi connectivity index (χ2n) is 8.42. The number of benzene rings is 2. The molecule has 0 aliphatic carbocycles. The summed E-state index contributed by atoms with van der Waals surface area (Å²) in [4.78, 5) is 33.9. The predicted molar refractivity (Wildman–Crippen MR) is 149 cm³/mol. The monoisotopic (exact) mass is 566 g/mol. The number of nitro groups is 1. The summed E-state index contributed by atoms with van der Waals surface area (Å²) in [5, 5.41) is 13.1. The standard InChI is InChI=1S/C24H23ClN4O4S2.ClH/c1-15-11-17(25)14-20-22(15)26-24(35-20)28(6-2-5-27-7-9-33-10-8-27)23(30)21-13-16-12-18(29(31)32)3-4-19(16)34-21;/h3-4,11-14H,2,5-10H2,1H3;1H. The number of thiophene rings is 1. The lowest BCUT2D eigenvalue weighted by molar-refractivity contribution is -0.384. The minimum atomic E-state index is -0.425. The molecule has 12 heteroatoms. The average Bonchev–Trinajstić information content (AvgIpc) is 3.46. The van der Waals surface area contributed by atoms with Crippen molar-refractivity contribution in [3.8, 4) is 0 Å². The molecule has 8 nitrogen and oxygen atoms in total. The highest BCUT2D eigenvalue weighted by atomic mass is 35.5. The van der Waals surface area contributed by atoms with Crippen LogP contribution in [0.15, 0.2) is 36.4 Å². The second-order valence-corrected chi connectivity index (χ2v) is 10.9. The number of thiazole rings is 1. The number of hydrogen-bond acceptors (Lipinski definition) is 8. The molecule has 0 bridgehead atoms. The maximum atomic E-state index is 13.8. The van der Waals surface area contributed by atoms with E-state index in [2.05, 4.69) is 4.90 Å². The number of halogens is 2. The Morgan fingerprint density at radius 1 is 1.19 bits per heavy atom. The third-order valence-electron chi connectivity index (χ3n) is 6.00. The van der Waals surface area contributed by atoms with Crippen molar-refractivity contribution in [3.63, 3.8) is 0 Å². The van der Waals surface area contributed by atoms with Crippen molar-refractivity contribution in [3.05, 3.63) is 62.0 Å². The predicted octanol–water partition coefficient (Wildman–Crippen LogP) is 6.17. The van der Waals surface area contributed by atoms with Crippen molar-refractivity contribution >= 4 is 83.7 Å². The highest BCUT2D eigenvalue weighted by Crippen LogP contribution is 2.35. The Hall–Kier alpha value is -2.34. The maximum absolute atomic E-state index is 13.8. The van der Waals surface area contributed by atoms with E-state index in [0.717, 1.165) is 59.7 Å². The van der Waals surface area contributed by atoms with Crippen molar-refractivity contribution in [2.24, 2.45) is 0 Å². The second kappa shape index (κ2) is 11.4. The quantitative estimate of drug-likeness (QED) is 0.196. The zero-order valence-electron chi connectivity index (χ0n) is 19.4. The lowest BCUT2D eigenvalue weighted by Gasteiger charge is -2.27. The Kier molecular flexibility index (Phi) is 8.44. The van der Waals surface area contributed by atoms with Gasteiger partial charge in [-0.1, -0.05) is 22.9 Å². The summed E-state index contributed by atoms with van der Waals surface area (Å²) in [6.45, 7) is 6.58. The molecule has 36 heavy (non-hydrogen) atoms. The van der Waals surface area contributed by atoms with Crippen LogP contribution in [-0.4, -0.2) is 60.1 Å². The summed E-state index contributed by atoms with van der Waals surface area (Å²) in [5.41, 5.74) is 1.81. The van der Waals surface area contributed by atoms with Gasteiger partial charge in [0.1, 0.15) is 0 Å². The molecule has 0 unspecified atom stereocenters. The average molecular weight is 568 g/mol. The van der Waals surface area contributed by atoms with Crippen LogP contribution in [0.1, 0.15) is 21.7 Å². The third kappa shape index (κ3) is 5.64. The zero-order valence-corrected chi connectivity index (χ0v) is 22.6. The number of carbonyl (C=O) groups excluding carboxylic acids is 1. The first kappa shape index (κ1) is 26.7. The van der Waals surface area contributed by atoms with Gasteiger partial charge in [-0.25, -0.2) is 4.98 Å². The van der Waals surface area contributed by atoms with Crippen molar-refractivity contribution in [2.45, 2.75) is 13.3 Å². The summed E-state index contributed by atoms with van der Waals surface area (Å²) in [7, 11) is 0. The number of carbonyl (C=O) groups is 1. The molecule has 0 radical (unpaired) electrons. The van der Waals surface area contributed by atoms with Crippen LogP contribution in [0.3, 0.4) is 0 Å². The fourth-order valence-electron chi connectivity index (χ4n) is 4.20. The molecule has 0 spiro atoms. The molecule has 4 aromatic rings. The van der Waals surface area contributed by atoms with Gasteiger partial charge in [-0.15, -0.1) is 23.7 Å². The Balaban J connectivity index is 0.00000304. The fourth-order valence-corrected chi connectivity index (χ4v) is 6.64. The van der Waals surface area contributed by atoms with Gasteiger partial charge < -0.3 is 4.74 Å². The van der Waals surface area contributed by atoms with Crippen LogP contribution in [0.25, 0.3) is 20.3 Å². The van der Waals surface area contributed by atoms with Crippen LogP contribution < -0.4 is 4.90 Å². The SMILES string of the molecule is Cc1cc(Cl)cc2sc(N(CCCN3CCOCC3)C(=O)c3cc4cc([N+](=O)[O-])ccc4s3)nc12.Cl. The van der Waals surface area contributed by atoms with E-state index in [0.29, 0.717) is 27.0 Å². The molecule has 5 rings (SSSR count). The Morgan fingerprint density at radius 3 is 2.72 bits per heavy atom. The number of rotatable bonds is 7. The van der Waals surface area contributed by atoms with Gasteiger partial charge in [0.05, 0.1) is 33.2 Å². The highest BCUT2D eigenvalue weighted by Gasteiger charge is 2.24. The van der Waals surface area contributed by atoms with E-state index >= 15 is 0 Å². The number of aromatic nitrogens is 1. The summed E-state index contributed by atoms with van der Waals surface area (Å²) in [6.07, 6.45) is 0.789. The summed E-state index contributed by atoms with van der Waals surface area (Å²) >= 11 is 9.04. The van der Waals surface area contributed by atoms with Crippen LogP contribution in [0.5, 0.6) is 0 Å². The van der Waals surface area contributed by atoms with Crippen LogP contribution in [-0.2, 0) is 4.74 Å². The number of aryl methyl sites for hydroxylation is 1. The number of ether oxygens (including phenoxy) is 1. The van der Waals surface area contributed by atoms with Gasteiger partial charge in [0.15, 0.2) is 5.13 Å². The Morgan fingerprint density at radius 2 is 1.97 bits per heavy atom. The molecule has 1 fully saturated rings. The van der Waals surface area contributed by atoms with E-state index in [1.807, 2.05) is 19.1 Å². The van der Waals surface area contributed by atoms with Gasteiger partial charge in [0, 0.05) is 53.4 Å². The third-order valence-corrected chi connectivity index (χ3v) is 8.34. The van der Waals surface area contributed by atoms with E-state index in [4.69, 9.17) is 21.3 Å². The van der Waals surface area contributed by atoms with Gasteiger partial charge >= 0.3 is 0 Å². The van der Waals surface area contributed by atoms with Gasteiger partial charge in [0.25, 0.3) is 11.6 Å². The largest absolute Gasteiger partial charge is 0.379 e. The van der Waals surface area contributed by atoms with Gasteiger partial charge in [-0.05, 0) is 43.2 Å². The Bertz CT molecular complexity index is 1420. The lowest BCUT2D eigenvalue weighted by Crippen LogP contribution is -2.39. The van der Waals surface area contributed by atoms with Crippen molar-refractivity contribution in [1.82, 2.24) is 9.88 Å². The molecule has 2 aromatic heterocycles. The summed E-state index contributed by atoms with van der Waals surface area (Å²) < 4.78 is 7.20. The van der Waals surface area contributed by atoms with Gasteiger partial charge in [-0.3, -0.25) is 24.7 Å².